The second-order valence-electron chi connectivity index (χ2n) is 7.85. The third-order valence-corrected chi connectivity index (χ3v) is 5.49. The summed E-state index contributed by atoms with van der Waals surface area (Å²) in [5, 5.41) is 0. The smallest absolute Gasteiger partial charge is 0.0243 e. The first-order valence-electron chi connectivity index (χ1n) is 9.66. The first kappa shape index (κ1) is 20.7. The van der Waals surface area contributed by atoms with Crippen molar-refractivity contribution < 1.29 is 0 Å². The first-order valence-corrected chi connectivity index (χ1v) is 9.66. The number of nitrogens with zero attached hydrogens (tertiary/aromatic N) is 2. The molecule has 0 spiro atoms. The molecule has 0 atom stereocenters. The van der Waals surface area contributed by atoms with Crippen LogP contribution in [-0.2, 0) is 26.1 Å². The fourth-order valence-corrected chi connectivity index (χ4v) is 3.68. The summed E-state index contributed by atoms with van der Waals surface area (Å²) in [7, 11) is 0. The van der Waals surface area contributed by atoms with Crippen molar-refractivity contribution >= 4 is 0 Å². The van der Waals surface area contributed by atoms with Gasteiger partial charge in [0.1, 0.15) is 0 Å². The Kier molecular flexibility index (Phi) is 7.43. The second-order valence-corrected chi connectivity index (χ2v) is 7.85. The summed E-state index contributed by atoms with van der Waals surface area (Å²) in [6, 6.07) is 18.9. The van der Waals surface area contributed by atoms with Crippen molar-refractivity contribution in [1.82, 2.24) is 9.80 Å². The molecule has 4 rings (SSSR count). The van der Waals surface area contributed by atoms with Gasteiger partial charge in [0.2, 0.25) is 0 Å². The van der Waals surface area contributed by atoms with Crippen LogP contribution in [0.5, 0.6) is 0 Å². The fraction of sp³-hybridized carbons (Fsp3) is 0.500. The lowest BCUT2D eigenvalue weighted by Gasteiger charge is -2.31. The third kappa shape index (κ3) is 4.96. The van der Waals surface area contributed by atoms with Gasteiger partial charge in [0.05, 0.1) is 0 Å². The van der Waals surface area contributed by atoms with Gasteiger partial charge in [0.15, 0.2) is 0 Å². The molecule has 2 heteroatoms. The summed E-state index contributed by atoms with van der Waals surface area (Å²) in [6.07, 6.45) is 1.22. The standard InChI is InChI=1S/C12H17N.C11H15N.CH4/c1-10(2)13-8-7-11-5-3-4-6-12(11)9-13;1-9(2)12-7-10-5-3-4-6-11(10)8-12;/h3-6,10H,7-9H2,1-2H3;3-6,9H,7-8H2,1-2H3;1H4. The monoisotopic (exact) mass is 352 g/mol. The highest BCUT2D eigenvalue weighted by atomic mass is 15.2. The Morgan fingerprint density at radius 3 is 1.46 bits per heavy atom. The molecule has 0 unspecified atom stereocenters. The van der Waals surface area contributed by atoms with Crippen LogP contribution in [0.2, 0.25) is 0 Å². The molecule has 0 saturated carbocycles. The highest BCUT2D eigenvalue weighted by Gasteiger charge is 2.19. The summed E-state index contributed by atoms with van der Waals surface area (Å²) in [4.78, 5) is 5.02. The molecule has 0 aromatic heterocycles. The quantitative estimate of drug-likeness (QED) is 0.704. The molecule has 2 aromatic carbocycles. The van der Waals surface area contributed by atoms with Gasteiger partial charge in [0, 0.05) is 38.3 Å². The maximum absolute atomic E-state index is 2.53. The SMILES string of the molecule is C.CC(C)N1CCc2ccccc2C1.CC(C)N1Cc2ccccc2C1. The Hall–Kier alpha value is -1.64. The highest BCUT2D eigenvalue weighted by Crippen LogP contribution is 2.23. The largest absolute Gasteiger partial charge is 0.296 e. The maximum Gasteiger partial charge on any atom is 0.0243 e. The average molecular weight is 353 g/mol. The van der Waals surface area contributed by atoms with Crippen LogP contribution in [0.15, 0.2) is 48.5 Å². The van der Waals surface area contributed by atoms with E-state index in [2.05, 4.69) is 86.0 Å². The molecule has 2 heterocycles. The van der Waals surface area contributed by atoms with Gasteiger partial charge < -0.3 is 0 Å². The Morgan fingerprint density at radius 1 is 0.615 bits per heavy atom. The summed E-state index contributed by atoms with van der Waals surface area (Å²) in [6.45, 7) is 13.7. The molecule has 2 aromatic rings. The van der Waals surface area contributed by atoms with E-state index in [4.69, 9.17) is 0 Å². The van der Waals surface area contributed by atoms with E-state index in [9.17, 15) is 0 Å². The molecule has 26 heavy (non-hydrogen) atoms. The zero-order chi connectivity index (χ0) is 17.8. The predicted octanol–water partition coefficient (Wildman–Crippen LogP) is 5.50. The van der Waals surface area contributed by atoms with E-state index >= 15 is 0 Å². The molecule has 0 fully saturated rings. The molecule has 2 aliphatic heterocycles. The normalized spacial score (nSPS) is 16.5. The topological polar surface area (TPSA) is 6.48 Å². The van der Waals surface area contributed by atoms with Crippen LogP contribution < -0.4 is 0 Å². The zero-order valence-corrected chi connectivity index (χ0v) is 16.2. The van der Waals surface area contributed by atoms with Crippen molar-refractivity contribution in [3.8, 4) is 0 Å². The summed E-state index contributed by atoms with van der Waals surface area (Å²) in [5.74, 6) is 0. The van der Waals surface area contributed by atoms with Gasteiger partial charge in [-0.25, -0.2) is 0 Å². The van der Waals surface area contributed by atoms with Crippen molar-refractivity contribution in [1.29, 1.82) is 0 Å². The Morgan fingerprint density at radius 2 is 1.00 bits per heavy atom. The van der Waals surface area contributed by atoms with E-state index in [1.165, 1.54) is 29.7 Å². The molecule has 0 bridgehead atoms. The summed E-state index contributed by atoms with van der Waals surface area (Å²) >= 11 is 0. The van der Waals surface area contributed by atoms with Crippen LogP contribution in [0.1, 0.15) is 57.4 Å². The van der Waals surface area contributed by atoms with E-state index in [0.29, 0.717) is 12.1 Å². The van der Waals surface area contributed by atoms with Gasteiger partial charge >= 0.3 is 0 Å². The number of hydrogen-bond donors (Lipinski definition) is 0. The molecule has 0 saturated heterocycles. The van der Waals surface area contributed by atoms with Gasteiger partial charge in [-0.05, 0) is 56.4 Å². The number of fused-ring (bicyclic) bond motifs is 2. The molecule has 0 radical (unpaired) electrons. The Bertz CT molecular complexity index is 665. The van der Waals surface area contributed by atoms with Crippen LogP contribution in [0.25, 0.3) is 0 Å². The molecule has 0 aliphatic carbocycles. The number of rotatable bonds is 2. The van der Waals surface area contributed by atoms with Crippen molar-refractivity contribution in [3.05, 3.63) is 70.8 Å². The van der Waals surface area contributed by atoms with E-state index in [-0.39, 0.29) is 7.43 Å². The lowest BCUT2D eigenvalue weighted by Crippen LogP contribution is -2.35. The molecule has 142 valence electrons. The molecule has 2 aliphatic rings. The van der Waals surface area contributed by atoms with Crippen molar-refractivity contribution in [2.24, 2.45) is 0 Å². The minimum atomic E-state index is 0. The molecular weight excluding hydrogens is 316 g/mol. The lowest BCUT2D eigenvalue weighted by molar-refractivity contribution is 0.203. The summed E-state index contributed by atoms with van der Waals surface area (Å²) < 4.78 is 0. The number of benzene rings is 2. The van der Waals surface area contributed by atoms with Crippen molar-refractivity contribution in [3.63, 3.8) is 0 Å². The van der Waals surface area contributed by atoms with Crippen LogP contribution in [0, 0.1) is 0 Å². The van der Waals surface area contributed by atoms with E-state index in [1.807, 2.05) is 0 Å². The van der Waals surface area contributed by atoms with Crippen LogP contribution >= 0.6 is 0 Å². The molecule has 0 N–H and O–H groups in total. The maximum atomic E-state index is 2.53. The third-order valence-electron chi connectivity index (χ3n) is 5.49. The van der Waals surface area contributed by atoms with Crippen LogP contribution in [0.3, 0.4) is 0 Å². The van der Waals surface area contributed by atoms with Crippen LogP contribution in [-0.4, -0.2) is 28.4 Å². The Balaban J connectivity index is 0.000000180. The first-order chi connectivity index (χ1) is 12.0. The van der Waals surface area contributed by atoms with Gasteiger partial charge in [-0.15, -0.1) is 0 Å². The second kappa shape index (κ2) is 9.34. The van der Waals surface area contributed by atoms with Crippen molar-refractivity contribution in [2.45, 2.75) is 73.3 Å². The lowest BCUT2D eigenvalue weighted by atomic mass is 9.99. The van der Waals surface area contributed by atoms with Gasteiger partial charge in [-0.3, -0.25) is 9.80 Å². The van der Waals surface area contributed by atoms with Gasteiger partial charge in [-0.2, -0.15) is 0 Å². The van der Waals surface area contributed by atoms with Crippen molar-refractivity contribution in [2.75, 3.05) is 6.54 Å². The molecule has 2 nitrogen and oxygen atoms in total. The number of hydrogen-bond acceptors (Lipinski definition) is 2. The van der Waals surface area contributed by atoms with Crippen LogP contribution in [0.4, 0.5) is 0 Å². The predicted molar refractivity (Wildman–Crippen MR) is 113 cm³/mol. The van der Waals surface area contributed by atoms with E-state index in [1.54, 1.807) is 5.56 Å². The average Bonchev–Trinajstić information content (AvgIpc) is 3.06. The Labute approximate surface area is 160 Å². The van der Waals surface area contributed by atoms with Gasteiger partial charge in [-0.1, -0.05) is 56.0 Å². The minimum absolute atomic E-state index is 0. The zero-order valence-electron chi connectivity index (χ0n) is 16.2. The van der Waals surface area contributed by atoms with E-state index < -0.39 is 0 Å². The van der Waals surface area contributed by atoms with Gasteiger partial charge in [0.25, 0.3) is 0 Å². The molecular formula is C24H36N2. The molecule has 0 amide bonds. The fourth-order valence-electron chi connectivity index (χ4n) is 3.68. The minimum Gasteiger partial charge on any atom is -0.296 e. The highest BCUT2D eigenvalue weighted by molar-refractivity contribution is 5.30. The van der Waals surface area contributed by atoms with E-state index in [0.717, 1.165) is 19.6 Å². The summed E-state index contributed by atoms with van der Waals surface area (Å²) in [5.41, 5.74) is 6.07.